The number of rotatable bonds is 6. The monoisotopic (exact) mass is 418 g/mol. The summed E-state index contributed by atoms with van der Waals surface area (Å²) in [6.45, 7) is 15.1. The lowest BCUT2D eigenvalue weighted by molar-refractivity contribution is 0.133. The number of ether oxygens (including phenoxy) is 1. The molecule has 0 radical (unpaired) electrons. The highest BCUT2D eigenvalue weighted by Crippen LogP contribution is 2.33. The zero-order valence-corrected chi connectivity index (χ0v) is 19.1. The third-order valence-electron chi connectivity index (χ3n) is 5.95. The summed E-state index contributed by atoms with van der Waals surface area (Å²) in [4.78, 5) is 2.53. The second-order valence-electron chi connectivity index (χ2n) is 8.22. The van der Waals surface area contributed by atoms with Crippen LogP contribution in [0.2, 0.25) is 0 Å². The third-order valence-corrected chi connectivity index (χ3v) is 5.95. The zero-order chi connectivity index (χ0) is 20.3. The van der Waals surface area contributed by atoms with Crippen LogP contribution >= 0.6 is 12.4 Å². The van der Waals surface area contributed by atoms with Crippen molar-refractivity contribution in [1.82, 2.24) is 10.2 Å². The van der Waals surface area contributed by atoms with Crippen molar-refractivity contribution in [3.8, 4) is 11.5 Å². The summed E-state index contributed by atoms with van der Waals surface area (Å²) in [7, 11) is 0. The Morgan fingerprint density at radius 3 is 2.66 bits per heavy atom. The van der Waals surface area contributed by atoms with E-state index in [0.29, 0.717) is 24.3 Å². The molecule has 1 aliphatic heterocycles. The van der Waals surface area contributed by atoms with E-state index in [-0.39, 0.29) is 12.4 Å². The zero-order valence-electron chi connectivity index (χ0n) is 18.3. The molecule has 2 aromatic rings. The number of halogens is 1. The first-order valence-corrected chi connectivity index (χ1v) is 10.4. The average Bonchev–Trinajstić information content (AvgIpc) is 2.67. The summed E-state index contributed by atoms with van der Waals surface area (Å²) in [5, 5.41) is 13.6. The standard InChI is InChI=1S/C24H34N2O2.ClH/c1-16(2)21-14-23(27)18(4)13-24(21)28-12-11-26-10-9-25-15-22(26)20-8-6-7-17(3)19(20)5;/h6-8,13-14,16,22,25,27H,9-12,15H2,1-5H3;1H. The number of hydrogen-bond donors (Lipinski definition) is 2. The Bertz CT molecular complexity index is 823. The van der Waals surface area contributed by atoms with Gasteiger partial charge in [-0.2, -0.15) is 0 Å². The van der Waals surface area contributed by atoms with Gasteiger partial charge in [-0.1, -0.05) is 32.0 Å². The first-order chi connectivity index (χ1) is 13.4. The van der Waals surface area contributed by atoms with Crippen LogP contribution < -0.4 is 10.1 Å². The van der Waals surface area contributed by atoms with E-state index in [1.807, 2.05) is 19.1 Å². The van der Waals surface area contributed by atoms with Crippen LogP contribution in [-0.2, 0) is 0 Å². The van der Waals surface area contributed by atoms with Gasteiger partial charge in [0.25, 0.3) is 0 Å². The number of nitrogens with one attached hydrogen (secondary N) is 1. The fraction of sp³-hybridized carbons (Fsp3) is 0.500. The van der Waals surface area contributed by atoms with Crippen molar-refractivity contribution >= 4 is 12.4 Å². The maximum atomic E-state index is 10.0. The van der Waals surface area contributed by atoms with Gasteiger partial charge in [-0.15, -0.1) is 12.4 Å². The largest absolute Gasteiger partial charge is 0.508 e. The van der Waals surface area contributed by atoms with Crippen molar-refractivity contribution < 1.29 is 9.84 Å². The Hall–Kier alpha value is -1.75. The Morgan fingerprint density at radius 1 is 1.17 bits per heavy atom. The molecule has 0 aromatic heterocycles. The van der Waals surface area contributed by atoms with E-state index in [9.17, 15) is 5.11 Å². The molecule has 1 atom stereocenters. The lowest BCUT2D eigenvalue weighted by atomic mass is 9.95. The summed E-state index contributed by atoms with van der Waals surface area (Å²) in [5.74, 6) is 1.54. The SMILES string of the molecule is Cc1cc(OCCN2CCNCC2c2cccc(C)c2C)c(C(C)C)cc1O.Cl. The molecule has 1 aliphatic rings. The van der Waals surface area contributed by atoms with Gasteiger partial charge in [0.1, 0.15) is 18.1 Å². The summed E-state index contributed by atoms with van der Waals surface area (Å²) in [6.07, 6.45) is 0. The number of nitrogens with zero attached hydrogens (tertiary/aromatic N) is 1. The number of phenols is 1. The van der Waals surface area contributed by atoms with Gasteiger partial charge in [0, 0.05) is 37.8 Å². The first kappa shape index (κ1) is 23.5. The number of aryl methyl sites for hydroxylation is 2. The molecule has 0 aliphatic carbocycles. The van der Waals surface area contributed by atoms with Crippen LogP contribution in [0.25, 0.3) is 0 Å². The Labute approximate surface area is 181 Å². The number of benzene rings is 2. The van der Waals surface area contributed by atoms with E-state index in [1.54, 1.807) is 0 Å². The molecule has 1 heterocycles. The molecule has 5 heteroatoms. The van der Waals surface area contributed by atoms with Crippen LogP contribution in [0.5, 0.6) is 11.5 Å². The molecule has 3 rings (SSSR count). The topological polar surface area (TPSA) is 44.7 Å². The molecule has 0 saturated carbocycles. The smallest absolute Gasteiger partial charge is 0.123 e. The summed E-state index contributed by atoms with van der Waals surface area (Å²) in [5.41, 5.74) is 6.07. The van der Waals surface area contributed by atoms with Gasteiger partial charge in [0.05, 0.1) is 0 Å². The van der Waals surface area contributed by atoms with Crippen molar-refractivity contribution in [3.63, 3.8) is 0 Å². The number of piperazine rings is 1. The minimum Gasteiger partial charge on any atom is -0.508 e. The molecule has 0 amide bonds. The lowest BCUT2D eigenvalue weighted by Crippen LogP contribution is -2.47. The van der Waals surface area contributed by atoms with E-state index in [2.05, 4.69) is 56.1 Å². The predicted molar refractivity (Wildman–Crippen MR) is 123 cm³/mol. The minimum atomic E-state index is 0. The van der Waals surface area contributed by atoms with Crippen molar-refractivity contribution in [3.05, 3.63) is 58.1 Å². The molecule has 0 spiro atoms. The maximum Gasteiger partial charge on any atom is 0.123 e. The first-order valence-electron chi connectivity index (χ1n) is 10.4. The van der Waals surface area contributed by atoms with E-state index >= 15 is 0 Å². The van der Waals surface area contributed by atoms with Gasteiger partial charge in [0.15, 0.2) is 0 Å². The molecule has 4 nitrogen and oxygen atoms in total. The van der Waals surface area contributed by atoms with Crippen LogP contribution in [0.4, 0.5) is 0 Å². The van der Waals surface area contributed by atoms with Gasteiger partial charge >= 0.3 is 0 Å². The van der Waals surface area contributed by atoms with Crippen LogP contribution in [0.1, 0.15) is 53.6 Å². The average molecular weight is 419 g/mol. The third kappa shape index (κ3) is 5.44. The normalized spacial score (nSPS) is 17.2. The van der Waals surface area contributed by atoms with Gasteiger partial charge in [-0.25, -0.2) is 0 Å². The molecule has 1 fully saturated rings. The van der Waals surface area contributed by atoms with E-state index in [1.165, 1.54) is 16.7 Å². The van der Waals surface area contributed by atoms with Crippen LogP contribution in [-0.4, -0.2) is 42.8 Å². The van der Waals surface area contributed by atoms with Crippen LogP contribution in [0, 0.1) is 20.8 Å². The maximum absolute atomic E-state index is 10.0. The fourth-order valence-corrected chi connectivity index (χ4v) is 3.99. The summed E-state index contributed by atoms with van der Waals surface area (Å²) >= 11 is 0. The highest BCUT2D eigenvalue weighted by Gasteiger charge is 2.25. The van der Waals surface area contributed by atoms with Crippen molar-refractivity contribution in [2.45, 2.75) is 46.6 Å². The lowest BCUT2D eigenvalue weighted by Gasteiger charge is -2.37. The van der Waals surface area contributed by atoms with E-state index < -0.39 is 0 Å². The molecule has 2 aromatic carbocycles. The van der Waals surface area contributed by atoms with Crippen LogP contribution in [0.3, 0.4) is 0 Å². The number of aromatic hydroxyl groups is 1. The van der Waals surface area contributed by atoms with E-state index in [0.717, 1.165) is 43.1 Å². The van der Waals surface area contributed by atoms with Gasteiger partial charge in [-0.05, 0) is 61.1 Å². The number of phenolic OH excluding ortho intramolecular Hbond substituents is 1. The van der Waals surface area contributed by atoms with Crippen molar-refractivity contribution in [1.29, 1.82) is 0 Å². The highest BCUT2D eigenvalue weighted by atomic mass is 35.5. The Morgan fingerprint density at radius 2 is 1.93 bits per heavy atom. The molecular formula is C24H35ClN2O2. The molecule has 1 saturated heterocycles. The summed E-state index contributed by atoms with van der Waals surface area (Å²) < 4.78 is 6.20. The minimum absolute atomic E-state index is 0. The van der Waals surface area contributed by atoms with Gasteiger partial charge < -0.3 is 15.2 Å². The van der Waals surface area contributed by atoms with Gasteiger partial charge in [0.2, 0.25) is 0 Å². The van der Waals surface area contributed by atoms with Crippen LogP contribution in [0.15, 0.2) is 30.3 Å². The highest BCUT2D eigenvalue weighted by molar-refractivity contribution is 5.85. The molecule has 1 unspecified atom stereocenters. The quantitative estimate of drug-likeness (QED) is 0.701. The molecular weight excluding hydrogens is 384 g/mol. The van der Waals surface area contributed by atoms with Crippen molar-refractivity contribution in [2.24, 2.45) is 0 Å². The van der Waals surface area contributed by atoms with Crippen molar-refractivity contribution in [2.75, 3.05) is 32.8 Å². The van der Waals surface area contributed by atoms with E-state index in [4.69, 9.17) is 4.74 Å². The summed E-state index contributed by atoms with van der Waals surface area (Å²) in [6, 6.07) is 10.8. The van der Waals surface area contributed by atoms with Gasteiger partial charge in [-0.3, -0.25) is 4.90 Å². The Kier molecular flexibility index (Phi) is 8.38. The molecule has 0 bridgehead atoms. The molecule has 29 heavy (non-hydrogen) atoms. The predicted octanol–water partition coefficient (Wildman–Crippen LogP) is 4.89. The Balaban J connectivity index is 0.00000300. The second kappa shape index (κ2) is 10.3. The number of hydrogen-bond acceptors (Lipinski definition) is 4. The second-order valence-corrected chi connectivity index (χ2v) is 8.22. The molecule has 2 N–H and O–H groups in total. The fourth-order valence-electron chi connectivity index (χ4n) is 3.99. The molecule has 160 valence electrons.